The van der Waals surface area contributed by atoms with E-state index in [4.69, 9.17) is 10.5 Å². The molecular weight excluding hydrogens is 270 g/mol. The van der Waals surface area contributed by atoms with E-state index in [1.807, 2.05) is 6.92 Å². The monoisotopic (exact) mass is 293 g/mol. The minimum absolute atomic E-state index is 0.229. The number of hydrogen-bond acceptors (Lipinski definition) is 4. The van der Waals surface area contributed by atoms with Gasteiger partial charge in [0, 0.05) is 24.3 Å². The lowest BCUT2D eigenvalue weighted by atomic mass is 10.1. The molecule has 0 saturated heterocycles. The number of amides is 2. The van der Waals surface area contributed by atoms with E-state index in [0.29, 0.717) is 24.3 Å². The van der Waals surface area contributed by atoms with Gasteiger partial charge in [0.05, 0.1) is 0 Å². The van der Waals surface area contributed by atoms with E-state index < -0.39 is 11.7 Å². The van der Waals surface area contributed by atoms with Crippen LogP contribution >= 0.6 is 0 Å². The Morgan fingerprint density at radius 1 is 1.19 bits per heavy atom. The third-order valence-corrected chi connectivity index (χ3v) is 2.62. The highest BCUT2D eigenvalue weighted by molar-refractivity contribution is 5.95. The van der Waals surface area contributed by atoms with Crippen LogP contribution < -0.4 is 16.4 Å². The van der Waals surface area contributed by atoms with Gasteiger partial charge in [-0.15, -0.1) is 0 Å². The Labute approximate surface area is 125 Å². The maximum atomic E-state index is 11.9. The summed E-state index contributed by atoms with van der Waals surface area (Å²) in [4.78, 5) is 23.3. The number of nitrogens with two attached hydrogens (primary N) is 1. The molecule has 116 valence electrons. The summed E-state index contributed by atoms with van der Waals surface area (Å²) in [5.41, 5.74) is 7.23. The van der Waals surface area contributed by atoms with Gasteiger partial charge in [-0.25, -0.2) is 4.79 Å². The zero-order valence-corrected chi connectivity index (χ0v) is 12.9. The zero-order chi connectivity index (χ0) is 16.0. The molecule has 1 rings (SSSR count). The first kappa shape index (κ1) is 16.8. The topological polar surface area (TPSA) is 93.5 Å². The minimum atomic E-state index is -0.535. The second-order valence-corrected chi connectivity index (χ2v) is 5.76. The van der Waals surface area contributed by atoms with Crippen molar-refractivity contribution in [2.45, 2.75) is 33.3 Å². The molecule has 0 spiro atoms. The number of aryl methyl sites for hydroxylation is 1. The normalized spacial score (nSPS) is 10.9. The minimum Gasteiger partial charge on any atom is -0.444 e. The van der Waals surface area contributed by atoms with Crippen molar-refractivity contribution in [2.75, 3.05) is 18.8 Å². The van der Waals surface area contributed by atoms with Gasteiger partial charge in [0.2, 0.25) is 0 Å². The second-order valence-electron chi connectivity index (χ2n) is 5.76. The number of ether oxygens (including phenoxy) is 1. The van der Waals surface area contributed by atoms with Gasteiger partial charge in [0.1, 0.15) is 5.60 Å². The number of carbonyl (C=O) groups is 2. The Kier molecular flexibility index (Phi) is 5.58. The van der Waals surface area contributed by atoms with E-state index in [9.17, 15) is 9.59 Å². The zero-order valence-electron chi connectivity index (χ0n) is 12.9. The predicted molar refractivity (Wildman–Crippen MR) is 82.2 cm³/mol. The molecule has 1 aromatic carbocycles. The fourth-order valence-electron chi connectivity index (χ4n) is 1.54. The molecule has 0 fully saturated rings. The highest BCUT2D eigenvalue weighted by atomic mass is 16.6. The van der Waals surface area contributed by atoms with Crippen LogP contribution in [0.2, 0.25) is 0 Å². The van der Waals surface area contributed by atoms with Gasteiger partial charge in [-0.3, -0.25) is 4.79 Å². The number of alkyl carbamates (subject to hydrolysis) is 1. The van der Waals surface area contributed by atoms with Gasteiger partial charge in [-0.1, -0.05) is 6.07 Å². The average Bonchev–Trinajstić information content (AvgIpc) is 2.35. The summed E-state index contributed by atoms with van der Waals surface area (Å²) in [5.74, 6) is -0.229. The molecule has 0 radical (unpaired) electrons. The van der Waals surface area contributed by atoms with E-state index in [2.05, 4.69) is 10.6 Å². The summed E-state index contributed by atoms with van der Waals surface area (Å²) < 4.78 is 5.08. The summed E-state index contributed by atoms with van der Waals surface area (Å²) in [6.07, 6.45) is -0.503. The fraction of sp³-hybridized carbons (Fsp3) is 0.467. The molecule has 21 heavy (non-hydrogen) atoms. The predicted octanol–water partition coefficient (Wildman–Crippen LogP) is 1.83. The van der Waals surface area contributed by atoms with E-state index in [-0.39, 0.29) is 5.91 Å². The lowest BCUT2D eigenvalue weighted by Gasteiger charge is -2.19. The summed E-state index contributed by atoms with van der Waals surface area (Å²) in [6.45, 7) is 7.85. The Balaban J connectivity index is 2.34. The van der Waals surface area contributed by atoms with Crippen LogP contribution in [0.5, 0.6) is 0 Å². The first-order valence-electron chi connectivity index (χ1n) is 6.80. The largest absolute Gasteiger partial charge is 0.444 e. The third-order valence-electron chi connectivity index (χ3n) is 2.62. The first-order chi connectivity index (χ1) is 9.69. The molecule has 0 heterocycles. The van der Waals surface area contributed by atoms with Gasteiger partial charge < -0.3 is 21.1 Å². The Morgan fingerprint density at radius 2 is 1.81 bits per heavy atom. The first-order valence-corrected chi connectivity index (χ1v) is 6.80. The van der Waals surface area contributed by atoms with Crippen LogP contribution in [0, 0.1) is 6.92 Å². The number of hydrogen-bond donors (Lipinski definition) is 3. The molecule has 1 aromatic rings. The van der Waals surface area contributed by atoms with Crippen molar-refractivity contribution < 1.29 is 14.3 Å². The molecule has 0 aromatic heterocycles. The molecule has 0 aliphatic heterocycles. The summed E-state index contributed by atoms with van der Waals surface area (Å²) in [7, 11) is 0. The summed E-state index contributed by atoms with van der Waals surface area (Å²) in [5, 5.41) is 5.27. The molecule has 2 amide bonds. The van der Waals surface area contributed by atoms with Crippen molar-refractivity contribution in [1.82, 2.24) is 10.6 Å². The van der Waals surface area contributed by atoms with Crippen LogP contribution in [0.15, 0.2) is 18.2 Å². The Morgan fingerprint density at radius 3 is 2.38 bits per heavy atom. The Hall–Kier alpha value is -2.24. The number of benzene rings is 1. The van der Waals surface area contributed by atoms with Crippen molar-refractivity contribution >= 4 is 17.7 Å². The number of carbonyl (C=O) groups excluding carboxylic acids is 2. The maximum Gasteiger partial charge on any atom is 0.407 e. The van der Waals surface area contributed by atoms with Gasteiger partial charge in [0.15, 0.2) is 0 Å². The molecular formula is C15H23N3O3. The van der Waals surface area contributed by atoms with E-state index in [1.165, 1.54) is 0 Å². The SMILES string of the molecule is Cc1ccc(C(=O)NCCNC(=O)OC(C)(C)C)cc1N. The van der Waals surface area contributed by atoms with E-state index in [1.54, 1.807) is 39.0 Å². The van der Waals surface area contributed by atoms with E-state index in [0.717, 1.165) is 5.56 Å². The Bertz CT molecular complexity index is 521. The molecule has 0 atom stereocenters. The molecule has 4 N–H and O–H groups in total. The highest BCUT2D eigenvalue weighted by Gasteiger charge is 2.15. The number of anilines is 1. The van der Waals surface area contributed by atoms with Crippen LogP contribution in [0.4, 0.5) is 10.5 Å². The summed E-state index contributed by atoms with van der Waals surface area (Å²) in [6, 6.07) is 5.14. The third kappa shape index (κ3) is 6.16. The average molecular weight is 293 g/mol. The molecule has 0 bridgehead atoms. The molecule has 0 unspecified atom stereocenters. The fourth-order valence-corrected chi connectivity index (χ4v) is 1.54. The maximum absolute atomic E-state index is 11.9. The van der Waals surface area contributed by atoms with Crippen LogP contribution in [0.1, 0.15) is 36.7 Å². The summed E-state index contributed by atoms with van der Waals surface area (Å²) >= 11 is 0. The van der Waals surface area contributed by atoms with Crippen LogP contribution in [0.3, 0.4) is 0 Å². The van der Waals surface area contributed by atoms with E-state index >= 15 is 0 Å². The van der Waals surface area contributed by atoms with Crippen molar-refractivity contribution in [3.63, 3.8) is 0 Å². The highest BCUT2D eigenvalue weighted by Crippen LogP contribution is 2.12. The van der Waals surface area contributed by atoms with Gasteiger partial charge in [-0.2, -0.15) is 0 Å². The van der Waals surface area contributed by atoms with Crippen molar-refractivity contribution in [2.24, 2.45) is 0 Å². The lowest BCUT2D eigenvalue weighted by molar-refractivity contribution is 0.0526. The van der Waals surface area contributed by atoms with Crippen LogP contribution in [0.25, 0.3) is 0 Å². The number of nitrogens with one attached hydrogen (secondary N) is 2. The molecule has 0 aliphatic rings. The lowest BCUT2D eigenvalue weighted by Crippen LogP contribution is -2.37. The number of nitrogen functional groups attached to an aromatic ring is 1. The molecule has 6 heteroatoms. The van der Waals surface area contributed by atoms with Crippen LogP contribution in [-0.2, 0) is 4.74 Å². The second kappa shape index (κ2) is 6.97. The number of rotatable bonds is 4. The molecule has 0 saturated carbocycles. The van der Waals surface area contributed by atoms with Crippen molar-refractivity contribution in [3.8, 4) is 0 Å². The standard InChI is InChI=1S/C15H23N3O3/c1-10-5-6-11(9-12(10)16)13(19)17-7-8-18-14(20)21-15(2,3)4/h5-6,9H,7-8,16H2,1-4H3,(H,17,19)(H,18,20). The van der Waals surface area contributed by atoms with Gasteiger partial charge in [0.25, 0.3) is 5.91 Å². The molecule has 0 aliphatic carbocycles. The molecule has 6 nitrogen and oxygen atoms in total. The van der Waals surface area contributed by atoms with Crippen molar-refractivity contribution in [1.29, 1.82) is 0 Å². The van der Waals surface area contributed by atoms with Crippen LogP contribution in [-0.4, -0.2) is 30.7 Å². The van der Waals surface area contributed by atoms with Gasteiger partial charge in [-0.05, 0) is 45.4 Å². The van der Waals surface area contributed by atoms with Crippen molar-refractivity contribution in [3.05, 3.63) is 29.3 Å². The quantitative estimate of drug-likeness (QED) is 0.583. The smallest absolute Gasteiger partial charge is 0.407 e. The van der Waals surface area contributed by atoms with Gasteiger partial charge >= 0.3 is 6.09 Å².